The van der Waals surface area contributed by atoms with Crippen molar-refractivity contribution in [2.24, 2.45) is 5.73 Å². The molecule has 0 saturated heterocycles. The molecule has 1 heterocycles. The molecule has 0 spiro atoms. The number of methoxy groups -OCH3 is 1. The Labute approximate surface area is 153 Å². The second-order valence-electron chi connectivity index (χ2n) is 4.98. The largest absolute Gasteiger partial charge is 0.407 e. The van der Waals surface area contributed by atoms with Crippen LogP contribution in [0, 0.1) is 0 Å². The minimum absolute atomic E-state index is 0.0110. The molecule has 9 heteroatoms. The van der Waals surface area contributed by atoms with Crippen molar-refractivity contribution in [2.75, 3.05) is 13.7 Å². The number of hydrogen-bond acceptors (Lipinski definition) is 4. The predicted octanol–water partition coefficient (Wildman–Crippen LogP) is 3.69. The fourth-order valence-corrected chi connectivity index (χ4v) is 2.08. The molecule has 0 aliphatic rings. The zero-order valence-electron chi connectivity index (χ0n) is 13.3. The van der Waals surface area contributed by atoms with Crippen molar-refractivity contribution >= 4 is 24.2 Å². The van der Waals surface area contributed by atoms with Crippen LogP contribution < -0.4 is 11.3 Å². The Hall–Kier alpha value is -1.48. The van der Waals surface area contributed by atoms with E-state index in [1.54, 1.807) is 23.9 Å². The zero-order chi connectivity index (χ0) is 19.0. The number of benzene rings is 1. The van der Waals surface area contributed by atoms with Crippen molar-refractivity contribution in [3.63, 3.8) is 0 Å². The number of nitrogens with zero attached hydrogens (tertiary/aromatic N) is 1. The summed E-state index contributed by atoms with van der Waals surface area (Å²) in [5.74, 6) is 0. The molecule has 1 aromatic heterocycles. The molecule has 138 valence electrons. The molecule has 0 bridgehead atoms. The van der Waals surface area contributed by atoms with Gasteiger partial charge in [0.25, 0.3) is 5.56 Å². The van der Waals surface area contributed by atoms with Crippen LogP contribution in [0.5, 0.6) is 0 Å². The molecule has 2 N–H and O–H groups in total. The molecule has 2 rings (SSSR count). The number of alkyl halides is 3. The lowest BCUT2D eigenvalue weighted by Gasteiger charge is -2.15. The predicted molar refractivity (Wildman–Crippen MR) is 94.3 cm³/mol. The average Bonchev–Trinajstić information content (AvgIpc) is 2.55. The lowest BCUT2D eigenvalue weighted by atomic mass is 10.1. The van der Waals surface area contributed by atoms with Gasteiger partial charge < -0.3 is 15.0 Å². The molecule has 0 amide bonds. The lowest BCUT2D eigenvalue weighted by Crippen LogP contribution is -2.28. The highest BCUT2D eigenvalue weighted by atomic mass is 35.5. The molecule has 0 fully saturated rings. The molecule has 1 atom stereocenters. The number of nitrogens with two attached hydrogens (primary N) is 1. The number of aromatic nitrogens is 1. The van der Waals surface area contributed by atoms with E-state index in [1.165, 1.54) is 30.3 Å². The highest BCUT2D eigenvalue weighted by Crippen LogP contribution is 2.30. The van der Waals surface area contributed by atoms with E-state index < -0.39 is 12.2 Å². The van der Waals surface area contributed by atoms with Gasteiger partial charge in [0.05, 0.1) is 6.61 Å². The lowest BCUT2D eigenvalue weighted by molar-refractivity contribution is -0.149. The van der Waals surface area contributed by atoms with Crippen LogP contribution in [0.4, 0.5) is 13.2 Å². The molecule has 4 nitrogen and oxygen atoms in total. The third kappa shape index (κ3) is 7.52. The number of halogens is 4. The molecule has 0 saturated carbocycles. The quantitative estimate of drug-likeness (QED) is 0.778. The fourth-order valence-electron chi connectivity index (χ4n) is 1.74. The molecule has 2 aromatic rings. The first-order valence-electron chi connectivity index (χ1n) is 7.11. The van der Waals surface area contributed by atoms with Gasteiger partial charge in [0, 0.05) is 35.8 Å². The molecule has 0 aliphatic heterocycles. The molecule has 25 heavy (non-hydrogen) atoms. The highest BCUT2D eigenvalue weighted by molar-refractivity contribution is 7.80. The topological polar surface area (TPSA) is 57.2 Å². The Morgan fingerprint density at radius 3 is 2.36 bits per heavy atom. The SMILES string of the molecule is COCCn1cc(S)ccc1=O.N[C@H](c1ccc(Cl)cc1)C(F)(F)F. The number of ether oxygens (including phenoxy) is 1. The summed E-state index contributed by atoms with van der Waals surface area (Å²) >= 11 is 9.63. The molecule has 0 aliphatic carbocycles. The number of hydrogen-bond donors (Lipinski definition) is 2. The summed E-state index contributed by atoms with van der Waals surface area (Å²) in [5.41, 5.74) is 4.94. The van der Waals surface area contributed by atoms with Gasteiger partial charge in [-0.3, -0.25) is 4.79 Å². The molecule has 1 aromatic carbocycles. The second kappa shape index (κ2) is 9.86. The summed E-state index contributed by atoms with van der Waals surface area (Å²) in [4.78, 5) is 11.9. The minimum atomic E-state index is -4.41. The van der Waals surface area contributed by atoms with Crippen LogP contribution in [0.25, 0.3) is 0 Å². The molecular formula is C16H18ClF3N2O2S. The first-order valence-corrected chi connectivity index (χ1v) is 7.94. The van der Waals surface area contributed by atoms with E-state index in [1.807, 2.05) is 0 Å². The molecule has 0 unspecified atom stereocenters. The Bertz CT molecular complexity index is 721. The van der Waals surface area contributed by atoms with Crippen LogP contribution in [0.15, 0.2) is 52.3 Å². The highest BCUT2D eigenvalue weighted by Gasteiger charge is 2.37. The van der Waals surface area contributed by atoms with Gasteiger partial charge in [0.1, 0.15) is 6.04 Å². The van der Waals surface area contributed by atoms with E-state index in [2.05, 4.69) is 12.6 Å². The van der Waals surface area contributed by atoms with E-state index in [0.29, 0.717) is 18.2 Å². The van der Waals surface area contributed by atoms with Gasteiger partial charge in [-0.25, -0.2) is 0 Å². The maximum absolute atomic E-state index is 12.1. The van der Waals surface area contributed by atoms with Gasteiger partial charge in [0.15, 0.2) is 0 Å². The Morgan fingerprint density at radius 1 is 1.24 bits per heavy atom. The summed E-state index contributed by atoms with van der Waals surface area (Å²) < 4.78 is 42.7. The van der Waals surface area contributed by atoms with Gasteiger partial charge in [0.2, 0.25) is 0 Å². The summed E-state index contributed by atoms with van der Waals surface area (Å²) in [6.07, 6.45) is -2.71. The zero-order valence-corrected chi connectivity index (χ0v) is 15.0. The van der Waals surface area contributed by atoms with Gasteiger partial charge in [-0.05, 0) is 23.8 Å². The maximum Gasteiger partial charge on any atom is 0.407 e. The maximum atomic E-state index is 12.1. The summed E-state index contributed by atoms with van der Waals surface area (Å²) in [7, 11) is 1.61. The van der Waals surface area contributed by atoms with Crippen LogP contribution in [0.3, 0.4) is 0 Å². The normalized spacial score (nSPS) is 12.3. The smallest absolute Gasteiger partial charge is 0.383 e. The Balaban J connectivity index is 0.000000251. The van der Waals surface area contributed by atoms with Gasteiger partial charge >= 0.3 is 6.18 Å². The monoisotopic (exact) mass is 394 g/mol. The molecule has 0 radical (unpaired) electrons. The van der Waals surface area contributed by atoms with Crippen molar-refractivity contribution in [1.29, 1.82) is 0 Å². The van der Waals surface area contributed by atoms with Gasteiger partial charge in [-0.2, -0.15) is 13.2 Å². The van der Waals surface area contributed by atoms with E-state index in [4.69, 9.17) is 22.1 Å². The minimum Gasteiger partial charge on any atom is -0.383 e. The molecular weight excluding hydrogens is 377 g/mol. The van der Waals surface area contributed by atoms with Gasteiger partial charge in [-0.1, -0.05) is 23.7 Å². The number of thiol groups is 1. The number of rotatable bonds is 4. The van der Waals surface area contributed by atoms with Crippen LogP contribution in [-0.4, -0.2) is 24.5 Å². The summed E-state index contributed by atoms with van der Waals surface area (Å²) in [5, 5.41) is 0.387. The van der Waals surface area contributed by atoms with Crippen molar-refractivity contribution in [3.05, 3.63) is 63.5 Å². The van der Waals surface area contributed by atoms with Crippen molar-refractivity contribution in [1.82, 2.24) is 4.57 Å². The second-order valence-corrected chi connectivity index (χ2v) is 5.94. The van der Waals surface area contributed by atoms with E-state index in [9.17, 15) is 18.0 Å². The van der Waals surface area contributed by atoms with Crippen molar-refractivity contribution in [3.8, 4) is 0 Å². The first kappa shape index (κ1) is 21.6. The van der Waals surface area contributed by atoms with Crippen molar-refractivity contribution < 1.29 is 17.9 Å². The number of pyridine rings is 1. The average molecular weight is 395 g/mol. The Morgan fingerprint density at radius 2 is 1.84 bits per heavy atom. The van der Waals surface area contributed by atoms with Crippen LogP contribution in [0.2, 0.25) is 5.02 Å². The van der Waals surface area contributed by atoms with Crippen LogP contribution in [-0.2, 0) is 11.3 Å². The summed E-state index contributed by atoms with van der Waals surface area (Å²) in [6, 6.07) is 6.52. The fraction of sp³-hybridized carbons (Fsp3) is 0.312. The standard InChI is InChI=1S/C8H7ClF3N.C8H11NO2S/c9-6-3-1-5(2-4-6)7(13)8(10,11)12;1-11-5-4-9-6-7(12)2-3-8(9)10/h1-4,7H,13H2;2-3,6,12H,4-5H2,1H3/t7-;/m1./s1. The van der Waals surface area contributed by atoms with E-state index >= 15 is 0 Å². The van der Waals surface area contributed by atoms with Crippen LogP contribution in [0.1, 0.15) is 11.6 Å². The summed E-state index contributed by atoms with van der Waals surface area (Å²) in [6.45, 7) is 1.11. The van der Waals surface area contributed by atoms with Crippen molar-refractivity contribution in [2.45, 2.75) is 23.7 Å². The third-order valence-electron chi connectivity index (χ3n) is 3.09. The van der Waals surface area contributed by atoms with E-state index in [0.717, 1.165) is 4.90 Å². The Kier molecular flexibility index (Phi) is 8.51. The third-order valence-corrected chi connectivity index (χ3v) is 3.60. The van der Waals surface area contributed by atoms with Gasteiger partial charge in [-0.15, -0.1) is 12.6 Å². The van der Waals surface area contributed by atoms with E-state index in [-0.39, 0.29) is 11.1 Å². The van der Waals surface area contributed by atoms with Crippen LogP contribution >= 0.6 is 24.2 Å². The first-order chi connectivity index (χ1) is 11.6.